The summed E-state index contributed by atoms with van der Waals surface area (Å²) in [4.78, 5) is 13.9. The van der Waals surface area contributed by atoms with E-state index in [1.165, 1.54) is 9.75 Å². The molecule has 1 aromatic heterocycles. The number of carbonyl (C=O) groups excluding carboxylic acids is 1. The van der Waals surface area contributed by atoms with Gasteiger partial charge < -0.3 is 10.6 Å². The Kier molecular flexibility index (Phi) is 5.49. The highest BCUT2D eigenvalue weighted by Gasteiger charge is 2.06. The van der Waals surface area contributed by atoms with Gasteiger partial charge in [-0.25, -0.2) is 0 Å². The lowest BCUT2D eigenvalue weighted by atomic mass is 10.2. The standard InChI is InChI=1S/C12H20N2OS/c1-4-13-12(15)8-14-9(2)7-11-6-5-10(3)16-11/h5-6,9,14H,4,7-8H2,1-3H3,(H,13,15). The third-order valence-electron chi connectivity index (χ3n) is 2.29. The zero-order valence-corrected chi connectivity index (χ0v) is 11.0. The summed E-state index contributed by atoms with van der Waals surface area (Å²) in [5.41, 5.74) is 0. The van der Waals surface area contributed by atoms with Crippen LogP contribution in [0, 0.1) is 6.92 Å². The summed E-state index contributed by atoms with van der Waals surface area (Å²) < 4.78 is 0. The SMILES string of the molecule is CCNC(=O)CNC(C)Cc1ccc(C)s1. The van der Waals surface area contributed by atoms with Gasteiger partial charge in [0, 0.05) is 22.3 Å². The van der Waals surface area contributed by atoms with E-state index in [1.807, 2.05) is 18.3 Å². The summed E-state index contributed by atoms with van der Waals surface area (Å²) in [7, 11) is 0. The van der Waals surface area contributed by atoms with Crippen molar-refractivity contribution >= 4 is 17.2 Å². The fourth-order valence-electron chi connectivity index (χ4n) is 1.50. The van der Waals surface area contributed by atoms with Crippen LogP contribution in [0.25, 0.3) is 0 Å². The van der Waals surface area contributed by atoms with Crippen LogP contribution in [0.4, 0.5) is 0 Å². The summed E-state index contributed by atoms with van der Waals surface area (Å²) in [5, 5.41) is 5.99. The molecule has 0 saturated heterocycles. The van der Waals surface area contributed by atoms with E-state index >= 15 is 0 Å². The molecule has 1 heterocycles. The molecule has 0 aromatic carbocycles. The smallest absolute Gasteiger partial charge is 0.233 e. The Bertz CT molecular complexity index is 336. The van der Waals surface area contributed by atoms with Gasteiger partial charge in [-0.15, -0.1) is 11.3 Å². The number of hydrogen-bond acceptors (Lipinski definition) is 3. The van der Waals surface area contributed by atoms with Crippen molar-refractivity contribution in [2.75, 3.05) is 13.1 Å². The zero-order chi connectivity index (χ0) is 12.0. The number of amides is 1. The molecule has 0 radical (unpaired) electrons. The second kappa shape index (κ2) is 6.66. The molecule has 1 rings (SSSR count). The molecule has 0 saturated carbocycles. The Hall–Kier alpha value is -0.870. The van der Waals surface area contributed by atoms with Crippen LogP contribution in [0.2, 0.25) is 0 Å². The number of nitrogens with one attached hydrogen (secondary N) is 2. The largest absolute Gasteiger partial charge is 0.355 e. The molecule has 3 nitrogen and oxygen atoms in total. The minimum absolute atomic E-state index is 0.0664. The molecule has 1 amide bonds. The summed E-state index contributed by atoms with van der Waals surface area (Å²) in [5.74, 6) is 0.0664. The molecule has 4 heteroatoms. The number of rotatable bonds is 6. The molecule has 1 aromatic rings. The molecule has 1 unspecified atom stereocenters. The first-order valence-corrected chi connectivity index (χ1v) is 6.49. The van der Waals surface area contributed by atoms with Crippen LogP contribution in [0.5, 0.6) is 0 Å². The number of hydrogen-bond donors (Lipinski definition) is 2. The monoisotopic (exact) mass is 240 g/mol. The van der Waals surface area contributed by atoms with E-state index in [-0.39, 0.29) is 5.91 Å². The first-order chi connectivity index (χ1) is 7.61. The van der Waals surface area contributed by atoms with Crippen LogP contribution in [-0.2, 0) is 11.2 Å². The summed E-state index contributed by atoms with van der Waals surface area (Å²) >= 11 is 1.82. The van der Waals surface area contributed by atoms with Gasteiger partial charge in [-0.05, 0) is 39.3 Å². The van der Waals surface area contributed by atoms with E-state index in [0.29, 0.717) is 19.1 Å². The van der Waals surface area contributed by atoms with Crippen molar-refractivity contribution in [3.05, 3.63) is 21.9 Å². The zero-order valence-electron chi connectivity index (χ0n) is 10.2. The Morgan fingerprint density at radius 3 is 2.81 bits per heavy atom. The van der Waals surface area contributed by atoms with Gasteiger partial charge in [0.2, 0.25) is 5.91 Å². The molecule has 16 heavy (non-hydrogen) atoms. The lowest BCUT2D eigenvalue weighted by Crippen LogP contribution is -2.38. The highest BCUT2D eigenvalue weighted by atomic mass is 32.1. The third kappa shape index (κ3) is 4.77. The molecule has 0 fully saturated rings. The van der Waals surface area contributed by atoms with Crippen LogP contribution < -0.4 is 10.6 Å². The van der Waals surface area contributed by atoms with Crippen molar-refractivity contribution in [2.24, 2.45) is 0 Å². The van der Waals surface area contributed by atoms with Crippen LogP contribution in [0.3, 0.4) is 0 Å². The average Bonchev–Trinajstić information content (AvgIpc) is 2.61. The second-order valence-electron chi connectivity index (χ2n) is 3.95. The minimum Gasteiger partial charge on any atom is -0.355 e. The quantitative estimate of drug-likeness (QED) is 0.795. The first kappa shape index (κ1) is 13.2. The van der Waals surface area contributed by atoms with Crippen LogP contribution in [-0.4, -0.2) is 25.0 Å². The maximum absolute atomic E-state index is 11.2. The fraction of sp³-hybridized carbons (Fsp3) is 0.583. The molecular weight excluding hydrogens is 220 g/mol. The summed E-state index contributed by atoms with van der Waals surface area (Å²) in [6, 6.07) is 4.63. The lowest BCUT2D eigenvalue weighted by Gasteiger charge is -2.12. The van der Waals surface area contributed by atoms with Gasteiger partial charge in [-0.1, -0.05) is 0 Å². The number of carbonyl (C=O) groups is 1. The predicted octanol–water partition coefficient (Wildman–Crippen LogP) is 1.71. The van der Waals surface area contributed by atoms with Gasteiger partial charge in [-0.2, -0.15) is 0 Å². The van der Waals surface area contributed by atoms with Gasteiger partial charge in [-0.3, -0.25) is 4.79 Å². The predicted molar refractivity (Wildman–Crippen MR) is 68.9 cm³/mol. The molecular formula is C12H20N2OS. The van der Waals surface area contributed by atoms with E-state index in [9.17, 15) is 4.79 Å². The molecule has 0 aliphatic rings. The van der Waals surface area contributed by atoms with Crippen LogP contribution in [0.1, 0.15) is 23.6 Å². The van der Waals surface area contributed by atoms with Crippen molar-refractivity contribution < 1.29 is 4.79 Å². The lowest BCUT2D eigenvalue weighted by molar-refractivity contribution is -0.120. The molecule has 1 atom stereocenters. The topological polar surface area (TPSA) is 41.1 Å². The number of thiophene rings is 1. The third-order valence-corrected chi connectivity index (χ3v) is 3.31. The van der Waals surface area contributed by atoms with E-state index in [4.69, 9.17) is 0 Å². The van der Waals surface area contributed by atoms with Crippen LogP contribution >= 0.6 is 11.3 Å². The van der Waals surface area contributed by atoms with Crippen molar-refractivity contribution in [1.82, 2.24) is 10.6 Å². The molecule has 0 spiro atoms. The second-order valence-corrected chi connectivity index (χ2v) is 5.32. The molecule has 0 aliphatic heterocycles. The summed E-state index contributed by atoms with van der Waals surface area (Å²) in [6.07, 6.45) is 0.984. The van der Waals surface area contributed by atoms with Gasteiger partial charge in [0.1, 0.15) is 0 Å². The molecule has 2 N–H and O–H groups in total. The molecule has 0 aliphatic carbocycles. The average molecular weight is 240 g/mol. The Morgan fingerprint density at radius 1 is 1.50 bits per heavy atom. The van der Waals surface area contributed by atoms with Crippen molar-refractivity contribution in [2.45, 2.75) is 33.2 Å². The maximum atomic E-state index is 11.2. The maximum Gasteiger partial charge on any atom is 0.233 e. The van der Waals surface area contributed by atoms with Crippen LogP contribution in [0.15, 0.2) is 12.1 Å². The van der Waals surface area contributed by atoms with Crippen molar-refractivity contribution in [1.29, 1.82) is 0 Å². The first-order valence-electron chi connectivity index (χ1n) is 5.67. The van der Waals surface area contributed by atoms with Crippen molar-refractivity contribution in [3.63, 3.8) is 0 Å². The highest BCUT2D eigenvalue weighted by Crippen LogP contribution is 2.16. The highest BCUT2D eigenvalue weighted by molar-refractivity contribution is 7.11. The molecule has 0 bridgehead atoms. The normalized spacial score (nSPS) is 12.4. The van der Waals surface area contributed by atoms with Gasteiger partial charge >= 0.3 is 0 Å². The van der Waals surface area contributed by atoms with E-state index < -0.39 is 0 Å². The van der Waals surface area contributed by atoms with E-state index in [1.54, 1.807) is 0 Å². The van der Waals surface area contributed by atoms with Gasteiger partial charge in [0.15, 0.2) is 0 Å². The van der Waals surface area contributed by atoms with E-state index in [2.05, 4.69) is 36.6 Å². The summed E-state index contributed by atoms with van der Waals surface area (Å²) in [6.45, 7) is 7.24. The number of aryl methyl sites for hydroxylation is 1. The Labute approximate surface area is 101 Å². The fourth-order valence-corrected chi connectivity index (χ4v) is 2.51. The van der Waals surface area contributed by atoms with Gasteiger partial charge in [0.25, 0.3) is 0 Å². The van der Waals surface area contributed by atoms with E-state index in [0.717, 1.165) is 6.42 Å². The van der Waals surface area contributed by atoms with Crippen molar-refractivity contribution in [3.8, 4) is 0 Å². The minimum atomic E-state index is 0.0664. The Morgan fingerprint density at radius 2 is 2.25 bits per heavy atom. The molecule has 90 valence electrons. The van der Waals surface area contributed by atoms with Gasteiger partial charge in [0.05, 0.1) is 6.54 Å². The number of likely N-dealkylation sites (N-methyl/N-ethyl adjacent to an activating group) is 1. The Balaban J connectivity index is 2.25.